The molecule has 5 aliphatic rings. The highest BCUT2D eigenvalue weighted by Crippen LogP contribution is 2.84. The van der Waals surface area contributed by atoms with Crippen LogP contribution in [-0.4, -0.2) is 23.8 Å². The SMILES string of the molecule is CC1=CC(O/C=C2\C(=O)O[C@]34CCC5C(C)(C)CCC[C@]5(C)[C@@]23C4)OC1=O. The van der Waals surface area contributed by atoms with Crippen LogP contribution in [0.2, 0.25) is 0 Å². The number of cyclic esters (lactones) is 1. The predicted octanol–water partition coefficient (Wildman–Crippen LogP) is 4.03. The molecule has 3 saturated carbocycles. The van der Waals surface area contributed by atoms with Crippen molar-refractivity contribution in [2.24, 2.45) is 22.2 Å². The summed E-state index contributed by atoms with van der Waals surface area (Å²) in [7, 11) is 0. The smallest absolute Gasteiger partial charge is 0.338 e. The van der Waals surface area contributed by atoms with E-state index in [1.807, 2.05) is 0 Å². The van der Waals surface area contributed by atoms with Crippen molar-refractivity contribution in [2.45, 2.75) is 78.1 Å². The molecule has 0 radical (unpaired) electrons. The molecule has 146 valence electrons. The van der Waals surface area contributed by atoms with Crippen LogP contribution < -0.4 is 0 Å². The molecule has 5 atom stereocenters. The van der Waals surface area contributed by atoms with Crippen molar-refractivity contribution in [1.82, 2.24) is 0 Å². The number of fused-ring (bicyclic) bond motifs is 1. The minimum absolute atomic E-state index is 0.0342. The maximum Gasteiger partial charge on any atom is 0.338 e. The van der Waals surface area contributed by atoms with Gasteiger partial charge in [0.2, 0.25) is 0 Å². The van der Waals surface area contributed by atoms with Crippen LogP contribution in [-0.2, 0) is 23.8 Å². The maximum absolute atomic E-state index is 12.8. The van der Waals surface area contributed by atoms with Crippen LogP contribution in [0.25, 0.3) is 0 Å². The Morgan fingerprint density at radius 3 is 2.63 bits per heavy atom. The van der Waals surface area contributed by atoms with Crippen molar-refractivity contribution < 1.29 is 23.8 Å². The fourth-order valence-corrected chi connectivity index (χ4v) is 7.21. The quantitative estimate of drug-likeness (QED) is 0.416. The lowest BCUT2D eigenvalue weighted by molar-refractivity contribution is -0.152. The summed E-state index contributed by atoms with van der Waals surface area (Å²) in [6.07, 6.45) is 8.94. The van der Waals surface area contributed by atoms with Gasteiger partial charge in [0.1, 0.15) is 5.60 Å². The molecule has 0 amide bonds. The minimum Gasteiger partial charge on any atom is -0.458 e. The molecule has 5 heteroatoms. The summed E-state index contributed by atoms with van der Waals surface area (Å²) in [4.78, 5) is 24.4. The maximum atomic E-state index is 12.8. The number of hydrogen-bond acceptors (Lipinski definition) is 5. The largest absolute Gasteiger partial charge is 0.458 e. The Morgan fingerprint density at radius 2 is 1.93 bits per heavy atom. The van der Waals surface area contributed by atoms with Crippen molar-refractivity contribution in [3.8, 4) is 0 Å². The third kappa shape index (κ3) is 1.95. The Kier molecular flexibility index (Phi) is 3.19. The van der Waals surface area contributed by atoms with E-state index in [1.165, 1.54) is 12.8 Å². The summed E-state index contributed by atoms with van der Waals surface area (Å²) in [6.45, 7) is 8.83. The fourth-order valence-electron chi connectivity index (χ4n) is 7.21. The molecule has 0 aromatic heterocycles. The molecule has 2 unspecified atom stereocenters. The van der Waals surface area contributed by atoms with Gasteiger partial charge in [-0.1, -0.05) is 27.2 Å². The standard InChI is InChI=1S/C22H28O5/c1-13-10-16(26-17(13)23)25-11-14-18(24)27-21-9-6-15-19(2,3)7-5-8-20(15,4)22(14,21)12-21/h10-11,15-16H,5-9,12H2,1-4H3/b14-11+/t15?,16?,20-,21-,22+/m0/s1. The molecule has 4 fully saturated rings. The summed E-state index contributed by atoms with van der Waals surface area (Å²) < 4.78 is 16.9. The minimum atomic E-state index is -0.752. The molecule has 5 rings (SSSR count). The van der Waals surface area contributed by atoms with Gasteiger partial charge < -0.3 is 14.2 Å². The zero-order valence-corrected chi connectivity index (χ0v) is 16.6. The first-order chi connectivity index (χ1) is 12.7. The molecule has 2 heterocycles. The third-order valence-electron chi connectivity index (χ3n) is 8.46. The van der Waals surface area contributed by atoms with Crippen LogP contribution in [0.15, 0.2) is 23.5 Å². The van der Waals surface area contributed by atoms with Gasteiger partial charge in [-0.3, -0.25) is 0 Å². The van der Waals surface area contributed by atoms with Gasteiger partial charge in [-0.05, 0) is 49.4 Å². The van der Waals surface area contributed by atoms with E-state index in [9.17, 15) is 9.59 Å². The van der Waals surface area contributed by atoms with E-state index in [0.29, 0.717) is 17.1 Å². The van der Waals surface area contributed by atoms with Crippen LogP contribution in [0.5, 0.6) is 0 Å². The molecule has 27 heavy (non-hydrogen) atoms. The Hall–Kier alpha value is -1.78. The molecule has 0 aromatic rings. The summed E-state index contributed by atoms with van der Waals surface area (Å²) in [5.74, 6) is -0.0553. The Bertz CT molecular complexity index is 808. The molecule has 2 aliphatic heterocycles. The van der Waals surface area contributed by atoms with Gasteiger partial charge >= 0.3 is 11.9 Å². The van der Waals surface area contributed by atoms with Gasteiger partial charge in [0.25, 0.3) is 6.29 Å². The highest BCUT2D eigenvalue weighted by molar-refractivity contribution is 5.96. The Balaban J connectivity index is 1.52. The highest BCUT2D eigenvalue weighted by atomic mass is 16.7. The van der Waals surface area contributed by atoms with Crippen LogP contribution in [0.1, 0.15) is 66.2 Å². The van der Waals surface area contributed by atoms with Crippen LogP contribution in [0.3, 0.4) is 0 Å². The second kappa shape index (κ2) is 4.98. The van der Waals surface area contributed by atoms with E-state index < -0.39 is 6.29 Å². The average molecular weight is 372 g/mol. The molecule has 1 saturated heterocycles. The molecular weight excluding hydrogens is 344 g/mol. The number of hydrogen-bond donors (Lipinski definition) is 0. The number of carbonyl (C=O) groups excluding carboxylic acids is 2. The van der Waals surface area contributed by atoms with Crippen molar-refractivity contribution >= 4 is 11.9 Å². The van der Waals surface area contributed by atoms with Crippen LogP contribution in [0.4, 0.5) is 0 Å². The first kappa shape index (κ1) is 17.3. The van der Waals surface area contributed by atoms with Crippen molar-refractivity contribution in [3.05, 3.63) is 23.5 Å². The predicted molar refractivity (Wildman–Crippen MR) is 97.1 cm³/mol. The molecule has 0 N–H and O–H groups in total. The zero-order valence-electron chi connectivity index (χ0n) is 16.6. The number of rotatable bonds is 2. The summed E-state index contributed by atoms with van der Waals surface area (Å²) in [6, 6.07) is 0. The van der Waals surface area contributed by atoms with Crippen LogP contribution >= 0.6 is 0 Å². The monoisotopic (exact) mass is 372 g/mol. The topological polar surface area (TPSA) is 61.8 Å². The molecular formula is C22H28O5. The average Bonchev–Trinajstić information content (AvgIpc) is 3.03. The molecule has 0 spiro atoms. The Labute approximate surface area is 160 Å². The van der Waals surface area contributed by atoms with Gasteiger partial charge in [-0.15, -0.1) is 0 Å². The summed E-state index contributed by atoms with van der Waals surface area (Å²) >= 11 is 0. The summed E-state index contributed by atoms with van der Waals surface area (Å²) in [5, 5.41) is 0. The van der Waals surface area contributed by atoms with Crippen LogP contribution in [0, 0.1) is 22.2 Å². The van der Waals surface area contributed by atoms with E-state index in [2.05, 4.69) is 20.8 Å². The first-order valence-corrected chi connectivity index (χ1v) is 10.1. The van der Waals surface area contributed by atoms with Crippen molar-refractivity contribution in [2.75, 3.05) is 0 Å². The fraction of sp³-hybridized carbons (Fsp3) is 0.727. The van der Waals surface area contributed by atoms with E-state index in [1.54, 1.807) is 19.3 Å². The second-order valence-electron chi connectivity index (χ2n) is 10.1. The van der Waals surface area contributed by atoms with E-state index in [4.69, 9.17) is 14.2 Å². The van der Waals surface area contributed by atoms with Gasteiger partial charge in [0.15, 0.2) is 0 Å². The lowest BCUT2D eigenvalue weighted by atomic mass is 9.46. The van der Waals surface area contributed by atoms with E-state index >= 15 is 0 Å². The van der Waals surface area contributed by atoms with Gasteiger partial charge in [-0.2, -0.15) is 0 Å². The first-order valence-electron chi connectivity index (χ1n) is 10.1. The second-order valence-corrected chi connectivity index (χ2v) is 10.1. The highest BCUT2D eigenvalue weighted by Gasteiger charge is 2.86. The lowest BCUT2D eigenvalue weighted by Gasteiger charge is -2.57. The van der Waals surface area contributed by atoms with Gasteiger partial charge in [-0.25, -0.2) is 9.59 Å². The van der Waals surface area contributed by atoms with Crippen molar-refractivity contribution in [3.63, 3.8) is 0 Å². The normalized spacial score (nSPS) is 48.1. The lowest BCUT2D eigenvalue weighted by Crippen LogP contribution is -2.52. The third-order valence-corrected chi connectivity index (χ3v) is 8.46. The molecule has 3 aliphatic carbocycles. The van der Waals surface area contributed by atoms with E-state index in [-0.39, 0.29) is 33.8 Å². The molecule has 0 aromatic carbocycles. The molecule has 0 bridgehead atoms. The zero-order chi connectivity index (χ0) is 19.2. The number of esters is 2. The summed E-state index contributed by atoms with van der Waals surface area (Å²) in [5.41, 5.74) is 0.905. The van der Waals surface area contributed by atoms with Crippen molar-refractivity contribution in [1.29, 1.82) is 0 Å². The number of ether oxygens (including phenoxy) is 3. The molecule has 5 nitrogen and oxygen atoms in total. The number of carbonyl (C=O) groups is 2. The van der Waals surface area contributed by atoms with E-state index in [0.717, 1.165) is 25.7 Å². The Morgan fingerprint density at radius 1 is 1.15 bits per heavy atom. The van der Waals surface area contributed by atoms with Gasteiger partial charge in [0, 0.05) is 18.1 Å². The van der Waals surface area contributed by atoms with Gasteiger partial charge in [0.05, 0.1) is 17.3 Å².